The minimum absolute atomic E-state index is 0.253. The molecule has 2 aliphatic carbocycles. The number of nitrogens with zero attached hydrogens (tertiary/aromatic N) is 2. The van der Waals surface area contributed by atoms with E-state index in [1.165, 1.54) is 132 Å². The van der Waals surface area contributed by atoms with Gasteiger partial charge in [-0.1, -0.05) is 307 Å². The maximum absolute atomic E-state index is 2.60. The van der Waals surface area contributed by atoms with Gasteiger partial charge in [0.2, 0.25) is 0 Å². The number of rotatable bonds is 10. The zero-order valence-electron chi connectivity index (χ0n) is 55.2. The van der Waals surface area contributed by atoms with Crippen LogP contribution in [-0.4, -0.2) is 9.13 Å². The van der Waals surface area contributed by atoms with Gasteiger partial charge < -0.3 is 9.13 Å². The van der Waals surface area contributed by atoms with E-state index in [-0.39, 0.29) is 10.8 Å². The van der Waals surface area contributed by atoms with E-state index >= 15 is 0 Å². The molecular weight excluding hydrogens is 1180 g/mol. The molecule has 2 aromatic heterocycles. The normalized spacial score (nSPS) is 13.3. The van der Waals surface area contributed by atoms with Crippen molar-refractivity contribution in [3.05, 3.63) is 362 Å². The number of benzene rings is 15. The molecule has 15 aromatic carbocycles. The summed E-state index contributed by atoms with van der Waals surface area (Å²) in [4.78, 5) is 0. The molecule has 2 heteroatoms. The summed E-state index contributed by atoms with van der Waals surface area (Å²) in [5, 5.41) is 7.13. The molecule has 0 saturated carbocycles. The van der Waals surface area contributed by atoms with Crippen LogP contribution in [0.3, 0.4) is 0 Å². The van der Waals surface area contributed by atoms with E-state index in [2.05, 4.69) is 377 Å². The van der Waals surface area contributed by atoms with Crippen molar-refractivity contribution >= 4 is 43.4 Å². The molecule has 2 nitrogen and oxygen atoms in total. The van der Waals surface area contributed by atoms with E-state index in [0.29, 0.717) is 0 Å². The fraction of sp³-hybridized carbons (Fsp3) is 0.0625. The lowest BCUT2D eigenvalue weighted by molar-refractivity contribution is 0.660. The summed E-state index contributed by atoms with van der Waals surface area (Å²) in [7, 11) is 0. The average Bonchev–Trinajstić information content (AvgIpc) is 1.19. The van der Waals surface area contributed by atoms with Gasteiger partial charge in [-0.25, -0.2) is 0 Å². The van der Waals surface area contributed by atoms with Crippen LogP contribution in [-0.2, 0) is 10.8 Å². The third-order valence-corrected chi connectivity index (χ3v) is 21.7. The Morgan fingerprint density at radius 3 is 0.827 bits per heavy atom. The van der Waals surface area contributed by atoms with Crippen LogP contribution in [0, 0.1) is 0 Å². The van der Waals surface area contributed by atoms with Crippen LogP contribution in [0.25, 0.3) is 166 Å². The summed E-state index contributed by atoms with van der Waals surface area (Å²) in [6, 6.07) is 128. The van der Waals surface area contributed by atoms with Gasteiger partial charge >= 0.3 is 0 Å². The van der Waals surface area contributed by atoms with Crippen LogP contribution >= 0.6 is 0 Å². The van der Waals surface area contributed by atoms with Gasteiger partial charge in [-0.05, 0) is 193 Å². The summed E-state index contributed by atoms with van der Waals surface area (Å²) < 4.78 is 5.14. The molecule has 0 unspecified atom stereocenters. The molecule has 462 valence electrons. The predicted octanol–water partition coefficient (Wildman–Crippen LogP) is 25.8. The molecule has 98 heavy (non-hydrogen) atoms. The third kappa shape index (κ3) is 8.81. The SMILES string of the molecule is CC1(C)c2ccccc2-c2ccc(-c3c4cc5c(-c6ccccc6)c(-c6ccccc6)n(-c6ccc(-c7ccccc7)cc6)c5cc4c(-c4ccc5c(c4)C(C)(C)c4ccccc4-5)c4cc5c(-c6ccccc6)c(-c6ccccc6)n(-c6ccc(-c7ccccc7)cc6)c5cc34)cc21. The second kappa shape index (κ2) is 22.2. The van der Waals surface area contributed by atoms with Crippen molar-refractivity contribution < 1.29 is 0 Å². The second-order valence-corrected chi connectivity index (χ2v) is 27.8. The molecule has 0 saturated heterocycles. The minimum Gasteiger partial charge on any atom is -0.309 e. The first-order chi connectivity index (χ1) is 48.2. The molecule has 0 aliphatic heterocycles. The summed E-state index contributed by atoms with van der Waals surface area (Å²) >= 11 is 0. The van der Waals surface area contributed by atoms with Crippen LogP contribution in [0.5, 0.6) is 0 Å². The maximum Gasteiger partial charge on any atom is 0.0619 e. The lowest BCUT2D eigenvalue weighted by atomic mass is 9.79. The molecule has 0 bridgehead atoms. The van der Waals surface area contributed by atoms with Gasteiger partial charge in [0, 0.05) is 44.1 Å². The van der Waals surface area contributed by atoms with Gasteiger partial charge in [0.25, 0.3) is 0 Å². The Balaban J connectivity index is 1.02. The van der Waals surface area contributed by atoms with Crippen LogP contribution in [0.4, 0.5) is 0 Å². The largest absolute Gasteiger partial charge is 0.309 e. The molecule has 0 spiro atoms. The van der Waals surface area contributed by atoms with E-state index in [1.54, 1.807) is 0 Å². The Bertz CT molecular complexity index is 5640. The molecule has 19 rings (SSSR count). The van der Waals surface area contributed by atoms with Gasteiger partial charge in [0.05, 0.1) is 22.4 Å². The first-order valence-electron chi connectivity index (χ1n) is 34.4. The van der Waals surface area contributed by atoms with Crippen molar-refractivity contribution in [1.29, 1.82) is 0 Å². The summed E-state index contributed by atoms with van der Waals surface area (Å²) in [6.07, 6.45) is 0. The van der Waals surface area contributed by atoms with E-state index in [4.69, 9.17) is 0 Å². The van der Waals surface area contributed by atoms with E-state index in [1.807, 2.05) is 0 Å². The highest BCUT2D eigenvalue weighted by Gasteiger charge is 2.38. The fourth-order valence-electron chi connectivity index (χ4n) is 17.1. The smallest absolute Gasteiger partial charge is 0.0619 e. The number of aromatic nitrogens is 2. The molecule has 17 aromatic rings. The Hall–Kier alpha value is -12.1. The van der Waals surface area contributed by atoms with Crippen molar-refractivity contribution in [3.8, 4) is 123 Å². The quantitative estimate of drug-likeness (QED) is 0.121. The van der Waals surface area contributed by atoms with Crippen molar-refractivity contribution in [2.24, 2.45) is 0 Å². The topological polar surface area (TPSA) is 9.86 Å². The van der Waals surface area contributed by atoms with Gasteiger partial charge in [-0.15, -0.1) is 0 Å². The summed E-state index contributed by atoms with van der Waals surface area (Å²) in [5.41, 5.74) is 33.4. The highest BCUT2D eigenvalue weighted by Crippen LogP contribution is 2.57. The first kappa shape index (κ1) is 57.4. The molecule has 0 radical (unpaired) electrons. The van der Waals surface area contributed by atoms with E-state index in [9.17, 15) is 0 Å². The number of fused-ring (bicyclic) bond motifs is 10. The molecule has 0 fully saturated rings. The van der Waals surface area contributed by atoms with Crippen molar-refractivity contribution in [2.45, 2.75) is 38.5 Å². The third-order valence-electron chi connectivity index (χ3n) is 21.7. The zero-order valence-corrected chi connectivity index (χ0v) is 55.2. The molecule has 0 N–H and O–H groups in total. The number of hydrogen-bond donors (Lipinski definition) is 0. The highest BCUT2D eigenvalue weighted by molar-refractivity contribution is 6.28. The Morgan fingerprint density at radius 2 is 0.469 bits per heavy atom. The van der Waals surface area contributed by atoms with Crippen LogP contribution < -0.4 is 0 Å². The first-order valence-corrected chi connectivity index (χ1v) is 34.4. The molecule has 0 atom stereocenters. The molecule has 2 heterocycles. The Kier molecular flexibility index (Phi) is 13.0. The monoisotopic (exact) mass is 1250 g/mol. The van der Waals surface area contributed by atoms with Gasteiger partial charge in [0.1, 0.15) is 0 Å². The van der Waals surface area contributed by atoms with E-state index in [0.717, 1.165) is 56.0 Å². The Labute approximate surface area is 572 Å². The van der Waals surface area contributed by atoms with Gasteiger partial charge in [0.15, 0.2) is 0 Å². The van der Waals surface area contributed by atoms with Crippen LogP contribution in [0.15, 0.2) is 340 Å². The maximum atomic E-state index is 2.60. The van der Waals surface area contributed by atoms with Crippen molar-refractivity contribution in [1.82, 2.24) is 9.13 Å². The summed E-state index contributed by atoms with van der Waals surface area (Å²) in [5.74, 6) is 0. The molecular formula is C96H68N2. The standard InChI is InChI=1S/C96H68N2/c1-95(2)83-41-25-23-39-73(83)75-53-47-69(55-85(75)95)89-77-57-81-88(98(72-51-45-64(46-52-72)62-29-13-6-14-30-62)93(67-35-19-9-20-36-67)91(81)65-31-15-7-16-32-65)60-80(77)90(70-48-54-76-74-40-24-26-42-84(74)96(3,4)86(76)56-70)78-58-82-87(59-79(78)89)97(71-49-43-63(44-50-71)61-27-11-5-12-28-61)94(68-37-21-10-22-38-68)92(82)66-33-17-8-18-34-66/h5-60H,1-4H3. The van der Waals surface area contributed by atoms with Gasteiger partial charge in [-0.2, -0.15) is 0 Å². The lowest BCUT2D eigenvalue weighted by Crippen LogP contribution is -2.15. The zero-order chi connectivity index (χ0) is 65.4. The predicted molar refractivity (Wildman–Crippen MR) is 414 cm³/mol. The fourth-order valence-corrected chi connectivity index (χ4v) is 17.1. The van der Waals surface area contributed by atoms with Crippen molar-refractivity contribution in [2.75, 3.05) is 0 Å². The lowest BCUT2D eigenvalue weighted by Gasteiger charge is -2.24. The highest BCUT2D eigenvalue weighted by atomic mass is 15.0. The number of hydrogen-bond acceptors (Lipinski definition) is 0. The second-order valence-electron chi connectivity index (χ2n) is 27.8. The van der Waals surface area contributed by atoms with Crippen molar-refractivity contribution in [3.63, 3.8) is 0 Å². The van der Waals surface area contributed by atoms with Gasteiger partial charge in [-0.3, -0.25) is 0 Å². The average molecular weight is 1250 g/mol. The minimum atomic E-state index is -0.253. The molecule has 2 aliphatic rings. The summed E-state index contributed by atoms with van der Waals surface area (Å²) in [6.45, 7) is 9.67. The van der Waals surface area contributed by atoms with Crippen LogP contribution in [0.1, 0.15) is 49.9 Å². The van der Waals surface area contributed by atoms with Crippen LogP contribution in [0.2, 0.25) is 0 Å². The Morgan fingerprint density at radius 1 is 0.194 bits per heavy atom. The van der Waals surface area contributed by atoms with E-state index < -0.39 is 0 Å². The molecule has 0 amide bonds.